The van der Waals surface area contributed by atoms with Crippen LogP contribution in [-0.2, 0) is 0 Å². The van der Waals surface area contributed by atoms with E-state index in [0.717, 1.165) is 6.42 Å². The molecule has 2 atom stereocenters. The molecule has 0 aromatic carbocycles. The number of nitrogens with one attached hydrogen (secondary N) is 1. The van der Waals surface area contributed by atoms with E-state index in [1.165, 1.54) is 12.8 Å². The van der Waals surface area contributed by atoms with Gasteiger partial charge in [-0.3, -0.25) is 4.90 Å². The van der Waals surface area contributed by atoms with Gasteiger partial charge in [-0.2, -0.15) is 13.2 Å². The second-order valence-corrected chi connectivity index (χ2v) is 7.07. The summed E-state index contributed by atoms with van der Waals surface area (Å²) in [6.07, 6.45) is -0.0251. The fraction of sp³-hybridized carbons (Fsp3) is 1.00. The molecule has 2 aliphatic rings. The Bertz CT molecular complexity index is 320. The summed E-state index contributed by atoms with van der Waals surface area (Å²) in [5.74, 6) is -1.09. The molecule has 1 aliphatic carbocycles. The van der Waals surface area contributed by atoms with Crippen LogP contribution >= 0.6 is 0 Å². The van der Waals surface area contributed by atoms with E-state index in [0.29, 0.717) is 25.2 Å². The average molecular weight is 292 g/mol. The maximum atomic E-state index is 12.7. The van der Waals surface area contributed by atoms with Gasteiger partial charge in [0, 0.05) is 12.1 Å². The number of alkyl halides is 3. The van der Waals surface area contributed by atoms with Gasteiger partial charge in [-0.15, -0.1) is 0 Å². The van der Waals surface area contributed by atoms with E-state index in [2.05, 4.69) is 24.1 Å². The summed E-state index contributed by atoms with van der Waals surface area (Å²) in [6.45, 7) is 5.71. The number of rotatable bonds is 2. The lowest BCUT2D eigenvalue weighted by Crippen LogP contribution is -2.59. The van der Waals surface area contributed by atoms with Crippen LogP contribution in [0.5, 0.6) is 0 Å². The van der Waals surface area contributed by atoms with Crippen molar-refractivity contribution in [2.75, 3.05) is 20.1 Å². The summed E-state index contributed by atoms with van der Waals surface area (Å²) >= 11 is 0. The van der Waals surface area contributed by atoms with Gasteiger partial charge in [0.2, 0.25) is 0 Å². The van der Waals surface area contributed by atoms with Crippen LogP contribution in [0.2, 0.25) is 0 Å². The van der Waals surface area contributed by atoms with Crippen LogP contribution < -0.4 is 5.32 Å². The number of likely N-dealkylation sites (tertiary alicyclic amines) is 1. The van der Waals surface area contributed by atoms with Gasteiger partial charge in [0.15, 0.2) is 0 Å². The first-order chi connectivity index (χ1) is 9.25. The molecule has 1 saturated heterocycles. The minimum absolute atomic E-state index is 0.221. The topological polar surface area (TPSA) is 15.3 Å². The number of hydrogen-bond acceptors (Lipinski definition) is 2. The molecule has 2 fully saturated rings. The third kappa shape index (κ3) is 3.30. The highest BCUT2D eigenvalue weighted by molar-refractivity contribution is 4.98. The van der Waals surface area contributed by atoms with Crippen molar-refractivity contribution in [3.8, 4) is 0 Å². The van der Waals surface area contributed by atoms with Crippen LogP contribution in [0.4, 0.5) is 13.2 Å². The monoisotopic (exact) mass is 292 g/mol. The van der Waals surface area contributed by atoms with Gasteiger partial charge in [0.05, 0.1) is 5.92 Å². The predicted octanol–water partition coefficient (Wildman–Crippen LogP) is 3.43. The van der Waals surface area contributed by atoms with Gasteiger partial charge >= 0.3 is 6.18 Å². The van der Waals surface area contributed by atoms with Crippen molar-refractivity contribution >= 4 is 0 Å². The molecule has 1 saturated carbocycles. The Hall–Kier alpha value is -0.290. The highest BCUT2D eigenvalue weighted by Crippen LogP contribution is 2.40. The van der Waals surface area contributed by atoms with Crippen molar-refractivity contribution in [3.05, 3.63) is 0 Å². The normalized spacial score (nSPS) is 33.3. The molecule has 1 N–H and O–H groups in total. The number of halogens is 3. The zero-order valence-corrected chi connectivity index (χ0v) is 12.8. The van der Waals surface area contributed by atoms with E-state index < -0.39 is 12.1 Å². The zero-order chi connectivity index (χ0) is 15.0. The fourth-order valence-corrected chi connectivity index (χ4v) is 4.14. The lowest BCUT2D eigenvalue weighted by Gasteiger charge is -2.50. The molecular formula is C15H27F3N2. The molecule has 1 heterocycles. The zero-order valence-electron chi connectivity index (χ0n) is 12.8. The van der Waals surface area contributed by atoms with E-state index in [1.54, 1.807) is 0 Å². The third-order valence-electron chi connectivity index (χ3n) is 5.32. The number of piperidine rings is 1. The van der Waals surface area contributed by atoms with E-state index in [4.69, 9.17) is 0 Å². The summed E-state index contributed by atoms with van der Waals surface area (Å²) in [7, 11) is 1.98. The van der Waals surface area contributed by atoms with Crippen molar-refractivity contribution < 1.29 is 13.2 Å². The summed E-state index contributed by atoms with van der Waals surface area (Å²) in [6, 6.07) is 0.761. The molecule has 0 aromatic rings. The largest absolute Gasteiger partial charge is 0.391 e. The summed E-state index contributed by atoms with van der Waals surface area (Å²) < 4.78 is 38.2. The first kappa shape index (κ1) is 16.1. The first-order valence-corrected chi connectivity index (χ1v) is 7.74. The van der Waals surface area contributed by atoms with Gasteiger partial charge < -0.3 is 5.32 Å². The van der Waals surface area contributed by atoms with Gasteiger partial charge in [-0.05, 0) is 51.2 Å². The van der Waals surface area contributed by atoms with Gasteiger partial charge in [0.1, 0.15) is 0 Å². The van der Waals surface area contributed by atoms with Gasteiger partial charge in [-0.1, -0.05) is 20.3 Å². The lowest BCUT2D eigenvalue weighted by atomic mass is 9.70. The Balaban J connectivity index is 1.99. The third-order valence-corrected chi connectivity index (χ3v) is 5.32. The maximum absolute atomic E-state index is 12.7. The van der Waals surface area contributed by atoms with Gasteiger partial charge in [0.25, 0.3) is 0 Å². The van der Waals surface area contributed by atoms with Crippen molar-refractivity contribution in [3.63, 3.8) is 0 Å². The molecule has 0 spiro atoms. The highest BCUT2D eigenvalue weighted by atomic mass is 19.4. The van der Waals surface area contributed by atoms with Crippen LogP contribution in [0.15, 0.2) is 0 Å². The molecule has 1 aliphatic heterocycles. The van der Waals surface area contributed by atoms with Crippen molar-refractivity contribution in [1.29, 1.82) is 0 Å². The number of nitrogens with zero attached hydrogens (tertiary/aromatic N) is 1. The maximum Gasteiger partial charge on any atom is 0.391 e. The van der Waals surface area contributed by atoms with Crippen LogP contribution in [0, 0.1) is 11.3 Å². The molecule has 0 amide bonds. The van der Waals surface area contributed by atoms with E-state index in [1.807, 2.05) is 7.05 Å². The van der Waals surface area contributed by atoms with Crippen LogP contribution in [-0.4, -0.2) is 43.3 Å². The van der Waals surface area contributed by atoms with Crippen molar-refractivity contribution in [1.82, 2.24) is 10.2 Å². The molecule has 5 heteroatoms. The lowest BCUT2D eigenvalue weighted by molar-refractivity contribution is -0.187. The molecule has 2 rings (SSSR count). The Morgan fingerprint density at radius 3 is 2.20 bits per heavy atom. The van der Waals surface area contributed by atoms with Crippen molar-refractivity contribution in [2.24, 2.45) is 11.3 Å². The molecule has 2 nitrogen and oxygen atoms in total. The first-order valence-electron chi connectivity index (χ1n) is 7.74. The van der Waals surface area contributed by atoms with E-state index in [-0.39, 0.29) is 18.3 Å². The Morgan fingerprint density at radius 1 is 1.10 bits per heavy atom. The molecule has 2 unspecified atom stereocenters. The Labute approximate surface area is 120 Å². The van der Waals surface area contributed by atoms with E-state index in [9.17, 15) is 13.2 Å². The molecule has 118 valence electrons. The second kappa shape index (κ2) is 5.84. The van der Waals surface area contributed by atoms with Crippen LogP contribution in [0.3, 0.4) is 0 Å². The average Bonchev–Trinajstić information content (AvgIpc) is 2.36. The minimum Gasteiger partial charge on any atom is -0.315 e. The predicted molar refractivity (Wildman–Crippen MR) is 74.6 cm³/mol. The van der Waals surface area contributed by atoms with Crippen molar-refractivity contribution in [2.45, 2.75) is 64.2 Å². The second-order valence-electron chi connectivity index (χ2n) is 7.07. The SMILES string of the molecule is CNC1C(N2CCC(C(F)(F)F)CC2)CCCC1(C)C. The summed E-state index contributed by atoms with van der Waals surface area (Å²) in [4.78, 5) is 2.30. The minimum atomic E-state index is -4.01. The van der Waals surface area contributed by atoms with Crippen LogP contribution in [0.25, 0.3) is 0 Å². The Morgan fingerprint density at radius 2 is 1.70 bits per heavy atom. The fourth-order valence-electron chi connectivity index (χ4n) is 4.14. The molecule has 0 radical (unpaired) electrons. The summed E-state index contributed by atoms with van der Waals surface area (Å²) in [5.41, 5.74) is 0.221. The molecule has 0 aromatic heterocycles. The number of likely N-dealkylation sites (N-methyl/N-ethyl adjacent to an activating group) is 1. The summed E-state index contributed by atoms with van der Waals surface area (Å²) in [5, 5.41) is 3.42. The molecular weight excluding hydrogens is 265 g/mol. The smallest absolute Gasteiger partial charge is 0.315 e. The van der Waals surface area contributed by atoms with Crippen LogP contribution in [0.1, 0.15) is 46.0 Å². The molecule has 20 heavy (non-hydrogen) atoms. The quantitative estimate of drug-likeness (QED) is 0.839. The number of hydrogen-bond donors (Lipinski definition) is 1. The van der Waals surface area contributed by atoms with Gasteiger partial charge in [-0.25, -0.2) is 0 Å². The Kier molecular flexibility index (Phi) is 4.69. The van der Waals surface area contributed by atoms with E-state index >= 15 is 0 Å². The highest BCUT2D eigenvalue weighted by Gasteiger charge is 2.45. The molecule has 0 bridgehead atoms. The standard InChI is InChI=1S/C15H27F3N2/c1-14(2)8-4-5-12(13(14)19-3)20-9-6-11(7-10-20)15(16,17)18/h11-13,19H,4-10H2,1-3H3.